The summed E-state index contributed by atoms with van der Waals surface area (Å²) >= 11 is 1.66. The summed E-state index contributed by atoms with van der Waals surface area (Å²) in [6.07, 6.45) is 1.28. The summed E-state index contributed by atoms with van der Waals surface area (Å²) in [6.45, 7) is 2.02. The lowest BCUT2D eigenvalue weighted by Gasteiger charge is -2.29. The van der Waals surface area contributed by atoms with Crippen molar-refractivity contribution in [2.75, 3.05) is 32.4 Å². The molecule has 0 saturated carbocycles. The highest BCUT2D eigenvalue weighted by Crippen LogP contribution is 2.47. The van der Waals surface area contributed by atoms with E-state index in [1.165, 1.54) is 21.3 Å². The molecule has 1 aromatic rings. The lowest BCUT2D eigenvalue weighted by Crippen LogP contribution is -2.48. The summed E-state index contributed by atoms with van der Waals surface area (Å²) in [7, 11) is 4.56. The predicted octanol–water partition coefficient (Wildman–Crippen LogP) is 2.10. The van der Waals surface area contributed by atoms with Gasteiger partial charge in [-0.25, -0.2) is 0 Å². The van der Waals surface area contributed by atoms with Gasteiger partial charge in [0.2, 0.25) is 17.6 Å². The minimum atomic E-state index is -0.468. The number of hydrogen-bond donors (Lipinski definition) is 1. The van der Waals surface area contributed by atoms with Gasteiger partial charge in [-0.15, -0.1) is 11.8 Å². The van der Waals surface area contributed by atoms with E-state index in [1.54, 1.807) is 28.8 Å². The van der Waals surface area contributed by atoms with Crippen LogP contribution in [0.5, 0.6) is 17.2 Å². The van der Waals surface area contributed by atoms with Gasteiger partial charge in [-0.2, -0.15) is 0 Å². The van der Waals surface area contributed by atoms with Gasteiger partial charge >= 0.3 is 0 Å². The topological polar surface area (TPSA) is 77.1 Å². The standard InChI is InChI=1S/C17H22N2O5S/c1-17-6-5-14(20)19(17)11(9-25-17)16(21)18-10-7-12(22-2)15(24-4)13(8-10)23-3/h7-8,11H,5-6,9H2,1-4H3,(H,18,21)/t11-,17+/m1/s1. The van der Waals surface area contributed by atoms with E-state index in [0.717, 1.165) is 6.42 Å². The molecule has 2 atom stereocenters. The first-order valence-electron chi connectivity index (χ1n) is 8.00. The molecule has 7 nitrogen and oxygen atoms in total. The number of hydrogen-bond acceptors (Lipinski definition) is 6. The Hall–Kier alpha value is -2.09. The van der Waals surface area contributed by atoms with Crippen LogP contribution in [-0.2, 0) is 9.59 Å². The molecule has 2 aliphatic rings. The summed E-state index contributed by atoms with van der Waals surface area (Å²) in [6, 6.07) is 2.88. The number of nitrogens with zero attached hydrogens (tertiary/aromatic N) is 1. The summed E-state index contributed by atoms with van der Waals surface area (Å²) in [5, 5.41) is 2.87. The second-order valence-electron chi connectivity index (χ2n) is 6.17. The van der Waals surface area contributed by atoms with Gasteiger partial charge in [-0.3, -0.25) is 9.59 Å². The minimum absolute atomic E-state index is 0.0394. The van der Waals surface area contributed by atoms with E-state index in [9.17, 15) is 9.59 Å². The van der Waals surface area contributed by atoms with Crippen LogP contribution >= 0.6 is 11.8 Å². The zero-order valence-electron chi connectivity index (χ0n) is 14.8. The first kappa shape index (κ1) is 17.7. The third-order valence-corrected chi connectivity index (χ3v) is 6.18. The molecular formula is C17H22N2O5S. The largest absolute Gasteiger partial charge is 0.493 e. The van der Waals surface area contributed by atoms with Gasteiger partial charge < -0.3 is 24.4 Å². The first-order chi connectivity index (χ1) is 11.9. The molecule has 2 aliphatic heterocycles. The maximum absolute atomic E-state index is 12.8. The van der Waals surface area contributed by atoms with Gasteiger partial charge in [-0.1, -0.05) is 0 Å². The van der Waals surface area contributed by atoms with E-state index in [0.29, 0.717) is 35.1 Å². The Morgan fingerprint density at radius 3 is 2.44 bits per heavy atom. The minimum Gasteiger partial charge on any atom is -0.493 e. The number of carbonyl (C=O) groups excluding carboxylic acids is 2. The Balaban J connectivity index is 1.83. The van der Waals surface area contributed by atoms with Crippen LogP contribution in [0.4, 0.5) is 5.69 Å². The molecule has 0 spiro atoms. The molecular weight excluding hydrogens is 344 g/mol. The van der Waals surface area contributed by atoms with Gasteiger partial charge in [0.15, 0.2) is 11.5 Å². The van der Waals surface area contributed by atoms with E-state index in [-0.39, 0.29) is 16.7 Å². The van der Waals surface area contributed by atoms with Crippen molar-refractivity contribution in [2.45, 2.75) is 30.7 Å². The third kappa shape index (κ3) is 2.99. The summed E-state index contributed by atoms with van der Waals surface area (Å²) in [4.78, 5) is 26.4. The highest BCUT2D eigenvalue weighted by molar-refractivity contribution is 8.01. The average molecular weight is 366 g/mol. The average Bonchev–Trinajstić information content (AvgIpc) is 3.10. The summed E-state index contributed by atoms with van der Waals surface area (Å²) in [5.41, 5.74) is 0.532. The highest BCUT2D eigenvalue weighted by Gasteiger charge is 2.52. The monoisotopic (exact) mass is 366 g/mol. The van der Waals surface area contributed by atoms with Crippen molar-refractivity contribution in [2.24, 2.45) is 0 Å². The van der Waals surface area contributed by atoms with Crippen molar-refractivity contribution >= 4 is 29.3 Å². The highest BCUT2D eigenvalue weighted by atomic mass is 32.2. The number of nitrogens with one attached hydrogen (secondary N) is 1. The molecule has 2 fully saturated rings. The molecule has 0 aromatic heterocycles. The van der Waals surface area contributed by atoms with E-state index < -0.39 is 6.04 Å². The molecule has 0 bridgehead atoms. The SMILES string of the molecule is COc1cc(NC(=O)[C@H]2CS[C@@]3(C)CCC(=O)N23)cc(OC)c1OC. The lowest BCUT2D eigenvalue weighted by molar-refractivity contribution is -0.135. The Kier molecular flexibility index (Phi) is 4.73. The van der Waals surface area contributed by atoms with Crippen LogP contribution in [0.3, 0.4) is 0 Å². The fourth-order valence-electron chi connectivity index (χ4n) is 3.39. The molecule has 1 aromatic carbocycles. The zero-order valence-corrected chi connectivity index (χ0v) is 15.6. The first-order valence-corrected chi connectivity index (χ1v) is 8.99. The molecule has 0 radical (unpaired) electrons. The Bertz CT molecular complexity index is 685. The smallest absolute Gasteiger partial charge is 0.248 e. The van der Waals surface area contributed by atoms with Crippen LogP contribution in [0, 0.1) is 0 Å². The zero-order chi connectivity index (χ0) is 18.2. The Morgan fingerprint density at radius 2 is 1.88 bits per heavy atom. The summed E-state index contributed by atoms with van der Waals surface area (Å²) < 4.78 is 15.9. The molecule has 136 valence electrons. The second-order valence-corrected chi connectivity index (χ2v) is 7.67. The van der Waals surface area contributed by atoms with Crippen molar-refractivity contribution in [1.82, 2.24) is 4.90 Å². The number of anilines is 1. The van der Waals surface area contributed by atoms with E-state index in [1.807, 2.05) is 6.92 Å². The van der Waals surface area contributed by atoms with E-state index in [4.69, 9.17) is 14.2 Å². The number of carbonyl (C=O) groups is 2. The lowest BCUT2D eigenvalue weighted by atomic mass is 10.2. The van der Waals surface area contributed by atoms with Crippen molar-refractivity contribution in [3.05, 3.63) is 12.1 Å². The normalized spacial score (nSPS) is 24.9. The Labute approximate surface area is 151 Å². The maximum Gasteiger partial charge on any atom is 0.248 e. The van der Waals surface area contributed by atoms with Crippen LogP contribution in [0.2, 0.25) is 0 Å². The fourth-order valence-corrected chi connectivity index (χ4v) is 4.83. The molecule has 2 amide bonds. The molecule has 0 aliphatic carbocycles. The van der Waals surface area contributed by atoms with Gasteiger partial charge in [-0.05, 0) is 13.3 Å². The summed E-state index contributed by atoms with van der Waals surface area (Å²) in [5.74, 6) is 1.80. The van der Waals surface area contributed by atoms with Crippen molar-refractivity contribution in [3.8, 4) is 17.2 Å². The Morgan fingerprint density at radius 1 is 1.24 bits per heavy atom. The third-order valence-electron chi connectivity index (χ3n) is 4.68. The van der Waals surface area contributed by atoms with Crippen LogP contribution in [0.25, 0.3) is 0 Å². The van der Waals surface area contributed by atoms with E-state index >= 15 is 0 Å². The molecule has 25 heavy (non-hydrogen) atoms. The van der Waals surface area contributed by atoms with Crippen molar-refractivity contribution in [3.63, 3.8) is 0 Å². The number of rotatable bonds is 5. The van der Waals surface area contributed by atoms with Gasteiger partial charge in [0.25, 0.3) is 0 Å². The quantitative estimate of drug-likeness (QED) is 0.860. The van der Waals surface area contributed by atoms with Crippen molar-refractivity contribution < 1.29 is 23.8 Å². The van der Waals surface area contributed by atoms with Crippen LogP contribution < -0.4 is 19.5 Å². The number of benzene rings is 1. The predicted molar refractivity (Wildman–Crippen MR) is 95.5 cm³/mol. The van der Waals surface area contributed by atoms with Gasteiger partial charge in [0.1, 0.15) is 6.04 Å². The van der Waals surface area contributed by atoms with Gasteiger partial charge in [0.05, 0.1) is 26.2 Å². The number of fused-ring (bicyclic) bond motifs is 1. The maximum atomic E-state index is 12.8. The van der Waals surface area contributed by atoms with Crippen molar-refractivity contribution in [1.29, 1.82) is 0 Å². The number of amides is 2. The number of ether oxygens (including phenoxy) is 3. The number of thioether (sulfide) groups is 1. The molecule has 2 saturated heterocycles. The van der Waals surface area contributed by atoms with Gasteiger partial charge in [0, 0.05) is 30.0 Å². The molecule has 2 heterocycles. The molecule has 3 rings (SSSR count). The van der Waals surface area contributed by atoms with E-state index in [2.05, 4.69) is 5.32 Å². The molecule has 0 unspecified atom stereocenters. The number of methoxy groups -OCH3 is 3. The fraction of sp³-hybridized carbons (Fsp3) is 0.529. The van der Waals surface area contributed by atoms with Crippen LogP contribution in [-0.4, -0.2) is 54.7 Å². The van der Waals surface area contributed by atoms with Crippen LogP contribution in [0.1, 0.15) is 19.8 Å². The molecule has 1 N–H and O–H groups in total. The molecule has 8 heteroatoms. The second kappa shape index (κ2) is 6.67. The van der Waals surface area contributed by atoms with Crippen LogP contribution in [0.15, 0.2) is 12.1 Å².